The predicted octanol–water partition coefficient (Wildman–Crippen LogP) is 13.5. The first kappa shape index (κ1) is 34.4. The zero-order valence-corrected chi connectivity index (χ0v) is 32.9. The zero-order chi connectivity index (χ0) is 39.6. The van der Waals surface area contributed by atoms with Gasteiger partial charge in [-0.05, 0) is 90.1 Å². The van der Waals surface area contributed by atoms with Gasteiger partial charge in [-0.2, -0.15) is 0 Å². The quantitative estimate of drug-likeness (QED) is 0.169. The molecule has 0 amide bonds. The SMILES string of the molecule is C1=Cc2ccc3c(c2CC1)c1ccccc1n3-c1ccc(C2=CCC(c3nc(-c4ccccc4)nc(-c4ccc5c6ccccc6n(-c6ccccc6)c5c4)n3)C=C2)cc1. The van der Waals surface area contributed by atoms with Crippen LogP contribution in [-0.4, -0.2) is 24.1 Å². The van der Waals surface area contributed by atoms with E-state index >= 15 is 0 Å². The van der Waals surface area contributed by atoms with Crippen molar-refractivity contribution in [1.29, 1.82) is 0 Å². The van der Waals surface area contributed by atoms with Crippen LogP contribution in [0.1, 0.15) is 41.3 Å². The summed E-state index contributed by atoms with van der Waals surface area (Å²) in [5, 5.41) is 5.12. The molecule has 60 heavy (non-hydrogen) atoms. The van der Waals surface area contributed by atoms with Gasteiger partial charge in [-0.25, -0.2) is 15.0 Å². The van der Waals surface area contributed by atoms with E-state index in [1.165, 1.54) is 66.0 Å². The standard InChI is InChI=1S/C55H39N5/c1-3-14-39(15-4-1)53-56-54(58-55(57-53)41-29-33-46-45-19-9-11-21-48(45)60(51(46)35-41)42-16-5-2-6-17-42)40-25-23-36(24-26-40)37-27-31-43(32-28-37)59-49-22-12-10-20-47(49)52-44-18-8-7-13-38(44)30-34-50(52)59/h1-7,9-17,19-25,27-35,40H,8,18,26H2. The summed E-state index contributed by atoms with van der Waals surface area (Å²) in [6.45, 7) is 0. The van der Waals surface area contributed by atoms with E-state index in [4.69, 9.17) is 15.0 Å². The van der Waals surface area contributed by atoms with Crippen molar-refractivity contribution in [3.63, 3.8) is 0 Å². The molecule has 1 unspecified atom stereocenters. The molecule has 0 fully saturated rings. The van der Waals surface area contributed by atoms with Gasteiger partial charge >= 0.3 is 0 Å². The van der Waals surface area contributed by atoms with Gasteiger partial charge in [-0.15, -0.1) is 0 Å². The summed E-state index contributed by atoms with van der Waals surface area (Å²) in [5.74, 6) is 2.13. The highest BCUT2D eigenvalue weighted by Crippen LogP contribution is 2.39. The Kier molecular flexibility index (Phi) is 8.05. The normalized spacial score (nSPS) is 14.9. The van der Waals surface area contributed by atoms with Crippen molar-refractivity contribution in [3.05, 3.63) is 211 Å². The largest absolute Gasteiger partial charge is 0.309 e. The van der Waals surface area contributed by atoms with E-state index in [0.717, 1.165) is 47.4 Å². The number of fused-ring (bicyclic) bond motifs is 8. The average Bonchev–Trinajstić information content (AvgIpc) is 3.85. The number of hydrogen-bond acceptors (Lipinski definition) is 3. The number of benzene rings is 7. The molecule has 284 valence electrons. The molecule has 1 atom stereocenters. The van der Waals surface area contributed by atoms with Crippen LogP contribution in [0.4, 0.5) is 0 Å². The first-order valence-corrected chi connectivity index (χ1v) is 20.9. The minimum Gasteiger partial charge on any atom is -0.309 e. The van der Waals surface area contributed by atoms with Crippen LogP contribution in [0.25, 0.3) is 89.4 Å². The van der Waals surface area contributed by atoms with Gasteiger partial charge in [0.2, 0.25) is 0 Å². The fourth-order valence-corrected chi connectivity index (χ4v) is 9.49. The van der Waals surface area contributed by atoms with E-state index < -0.39 is 0 Å². The molecule has 3 aromatic heterocycles. The number of para-hydroxylation sites is 3. The maximum atomic E-state index is 5.21. The van der Waals surface area contributed by atoms with Crippen molar-refractivity contribution in [2.24, 2.45) is 0 Å². The molecule has 0 N–H and O–H groups in total. The van der Waals surface area contributed by atoms with Crippen LogP contribution in [0.5, 0.6) is 0 Å². The Morgan fingerprint density at radius 2 is 1.13 bits per heavy atom. The summed E-state index contributed by atoms with van der Waals surface area (Å²) in [6, 6.07) is 58.5. The molecule has 0 saturated heterocycles. The number of aryl methyl sites for hydroxylation is 1. The van der Waals surface area contributed by atoms with Gasteiger partial charge in [-0.1, -0.05) is 146 Å². The number of aromatic nitrogens is 5. The fraction of sp³-hybridized carbons (Fsp3) is 0.0727. The zero-order valence-electron chi connectivity index (χ0n) is 32.9. The van der Waals surface area contributed by atoms with Gasteiger partial charge in [0.15, 0.2) is 11.6 Å². The number of allylic oxidation sites excluding steroid dienone is 5. The molecule has 12 rings (SSSR count). The Bertz CT molecular complexity index is 3380. The first-order valence-electron chi connectivity index (χ1n) is 20.9. The average molecular weight is 770 g/mol. The highest BCUT2D eigenvalue weighted by atomic mass is 15.0. The van der Waals surface area contributed by atoms with Crippen molar-refractivity contribution < 1.29 is 0 Å². The van der Waals surface area contributed by atoms with Crippen LogP contribution < -0.4 is 0 Å². The van der Waals surface area contributed by atoms with Crippen molar-refractivity contribution in [1.82, 2.24) is 24.1 Å². The molecule has 2 aliphatic carbocycles. The van der Waals surface area contributed by atoms with Crippen LogP contribution >= 0.6 is 0 Å². The molecule has 0 saturated carbocycles. The van der Waals surface area contributed by atoms with E-state index in [0.29, 0.717) is 11.6 Å². The molecule has 3 heterocycles. The lowest BCUT2D eigenvalue weighted by Crippen LogP contribution is -2.08. The van der Waals surface area contributed by atoms with E-state index in [-0.39, 0.29) is 5.92 Å². The lowest BCUT2D eigenvalue weighted by atomic mass is 9.92. The maximum absolute atomic E-state index is 5.21. The second kappa shape index (κ2) is 14.0. The van der Waals surface area contributed by atoms with Gasteiger partial charge in [0, 0.05) is 50.0 Å². The van der Waals surface area contributed by atoms with Gasteiger partial charge in [0.1, 0.15) is 5.82 Å². The number of rotatable bonds is 6. The molecule has 0 bridgehead atoms. The molecule has 7 aromatic carbocycles. The Hall–Kier alpha value is -7.63. The minimum absolute atomic E-state index is 0.00936. The van der Waals surface area contributed by atoms with E-state index in [2.05, 4.69) is 185 Å². The van der Waals surface area contributed by atoms with Gasteiger partial charge in [0.05, 0.1) is 22.1 Å². The Morgan fingerprint density at radius 3 is 1.92 bits per heavy atom. The molecule has 5 nitrogen and oxygen atoms in total. The summed E-state index contributed by atoms with van der Waals surface area (Å²) < 4.78 is 4.76. The minimum atomic E-state index is 0.00936. The second-order valence-electron chi connectivity index (χ2n) is 15.9. The Balaban J connectivity index is 0.891. The van der Waals surface area contributed by atoms with E-state index in [1.807, 2.05) is 18.2 Å². The summed E-state index contributed by atoms with van der Waals surface area (Å²) >= 11 is 0. The molecule has 5 heteroatoms. The predicted molar refractivity (Wildman–Crippen MR) is 248 cm³/mol. The van der Waals surface area contributed by atoms with Crippen LogP contribution in [-0.2, 0) is 6.42 Å². The van der Waals surface area contributed by atoms with Crippen molar-refractivity contribution in [2.45, 2.75) is 25.2 Å². The summed E-state index contributed by atoms with van der Waals surface area (Å²) in [7, 11) is 0. The van der Waals surface area contributed by atoms with Gasteiger partial charge < -0.3 is 9.13 Å². The Morgan fingerprint density at radius 1 is 0.483 bits per heavy atom. The lowest BCUT2D eigenvalue weighted by Gasteiger charge is -2.17. The first-order chi connectivity index (χ1) is 29.7. The van der Waals surface area contributed by atoms with Crippen molar-refractivity contribution in [2.75, 3.05) is 0 Å². The number of hydrogen-bond donors (Lipinski definition) is 0. The highest BCUT2D eigenvalue weighted by molar-refractivity contribution is 6.12. The molecule has 0 aliphatic heterocycles. The van der Waals surface area contributed by atoms with Crippen molar-refractivity contribution in [3.8, 4) is 34.2 Å². The molecule has 0 radical (unpaired) electrons. The van der Waals surface area contributed by atoms with Gasteiger partial charge in [0.25, 0.3) is 0 Å². The molecular formula is C55H39N5. The van der Waals surface area contributed by atoms with Crippen LogP contribution in [0.2, 0.25) is 0 Å². The number of nitrogens with zero attached hydrogens (tertiary/aromatic N) is 5. The fourth-order valence-electron chi connectivity index (χ4n) is 9.49. The van der Waals surface area contributed by atoms with Crippen LogP contribution in [0.3, 0.4) is 0 Å². The second-order valence-corrected chi connectivity index (χ2v) is 15.9. The summed E-state index contributed by atoms with van der Waals surface area (Å²) in [4.78, 5) is 15.4. The van der Waals surface area contributed by atoms with Gasteiger partial charge in [-0.3, -0.25) is 0 Å². The van der Waals surface area contributed by atoms with Crippen LogP contribution in [0.15, 0.2) is 188 Å². The topological polar surface area (TPSA) is 48.5 Å². The molecule has 0 spiro atoms. The third-order valence-corrected chi connectivity index (χ3v) is 12.4. The van der Waals surface area contributed by atoms with E-state index in [9.17, 15) is 0 Å². The summed E-state index contributed by atoms with van der Waals surface area (Å²) in [6.07, 6.45) is 14.4. The monoisotopic (exact) mass is 769 g/mol. The molecule has 2 aliphatic rings. The lowest BCUT2D eigenvalue weighted by molar-refractivity contribution is 0.766. The Labute approximate surface area is 348 Å². The smallest absolute Gasteiger partial charge is 0.163 e. The van der Waals surface area contributed by atoms with E-state index in [1.54, 1.807) is 0 Å². The van der Waals surface area contributed by atoms with Crippen molar-refractivity contribution >= 4 is 55.3 Å². The highest BCUT2D eigenvalue weighted by Gasteiger charge is 2.22. The molecular weight excluding hydrogens is 731 g/mol. The third-order valence-electron chi connectivity index (χ3n) is 12.4. The van der Waals surface area contributed by atoms with Crippen LogP contribution in [0, 0.1) is 0 Å². The summed E-state index contributed by atoms with van der Waals surface area (Å²) in [5.41, 5.74) is 14.2. The maximum Gasteiger partial charge on any atom is 0.163 e. The molecule has 10 aromatic rings. The third kappa shape index (κ3) is 5.65.